The Morgan fingerprint density at radius 1 is 1.41 bits per heavy atom. The maximum absolute atomic E-state index is 10.8. The summed E-state index contributed by atoms with van der Waals surface area (Å²) in [5, 5.41) is 24.8. The molecular formula is C12H24N2O3. The van der Waals surface area contributed by atoms with Crippen molar-refractivity contribution < 1.29 is 15.0 Å². The van der Waals surface area contributed by atoms with Crippen LogP contribution < -0.4 is 10.6 Å². The lowest BCUT2D eigenvalue weighted by atomic mass is 9.80. The number of aliphatic hydroxyl groups excluding tert-OH is 1. The molecule has 0 atom stereocenters. The van der Waals surface area contributed by atoms with Crippen LogP contribution in [0.5, 0.6) is 0 Å². The second-order valence-electron chi connectivity index (χ2n) is 5.17. The summed E-state index contributed by atoms with van der Waals surface area (Å²) >= 11 is 0. The molecule has 1 rings (SSSR count). The molecular weight excluding hydrogens is 220 g/mol. The van der Waals surface area contributed by atoms with E-state index in [1.54, 1.807) is 0 Å². The molecule has 0 amide bonds. The highest BCUT2D eigenvalue weighted by Crippen LogP contribution is 2.26. The minimum atomic E-state index is -0.776. The monoisotopic (exact) mass is 244 g/mol. The molecule has 0 saturated carbocycles. The van der Waals surface area contributed by atoms with E-state index in [1.807, 2.05) is 0 Å². The molecule has 1 saturated heterocycles. The van der Waals surface area contributed by atoms with Crippen molar-refractivity contribution >= 4 is 5.97 Å². The van der Waals surface area contributed by atoms with Crippen LogP contribution in [0.4, 0.5) is 0 Å². The van der Waals surface area contributed by atoms with E-state index < -0.39 is 5.97 Å². The Kier molecular flexibility index (Phi) is 4.91. The van der Waals surface area contributed by atoms with Gasteiger partial charge in [-0.1, -0.05) is 13.8 Å². The first-order valence-corrected chi connectivity index (χ1v) is 6.30. The highest BCUT2D eigenvalue weighted by atomic mass is 16.4. The predicted octanol–water partition coefficient (Wildman–Crippen LogP) is 0.191. The highest BCUT2D eigenvalue weighted by molar-refractivity contribution is 5.68. The predicted molar refractivity (Wildman–Crippen MR) is 66.0 cm³/mol. The first-order chi connectivity index (χ1) is 8.01. The van der Waals surface area contributed by atoms with Crippen LogP contribution in [0.1, 0.15) is 33.1 Å². The molecule has 1 fully saturated rings. The van der Waals surface area contributed by atoms with Gasteiger partial charge in [0.05, 0.1) is 12.0 Å². The Morgan fingerprint density at radius 3 is 2.29 bits per heavy atom. The zero-order valence-electron chi connectivity index (χ0n) is 10.8. The minimum Gasteiger partial charge on any atom is -0.481 e. The number of rotatable bonds is 8. The van der Waals surface area contributed by atoms with Gasteiger partial charge in [0.1, 0.15) is 0 Å². The molecule has 4 N–H and O–H groups in total. The van der Waals surface area contributed by atoms with E-state index >= 15 is 0 Å². The van der Waals surface area contributed by atoms with E-state index in [9.17, 15) is 9.90 Å². The topological polar surface area (TPSA) is 81.6 Å². The fourth-order valence-corrected chi connectivity index (χ4v) is 2.18. The molecule has 0 aromatic heterocycles. The number of carboxylic acid groups (broad SMARTS) is 1. The molecule has 1 aliphatic rings. The van der Waals surface area contributed by atoms with Crippen molar-refractivity contribution in [2.75, 3.05) is 26.2 Å². The maximum atomic E-state index is 10.8. The summed E-state index contributed by atoms with van der Waals surface area (Å²) in [7, 11) is 0. The molecule has 100 valence electrons. The third-order valence-electron chi connectivity index (χ3n) is 4.09. The number of hydrogen-bond donors (Lipinski definition) is 4. The van der Waals surface area contributed by atoms with Gasteiger partial charge in [-0.25, -0.2) is 0 Å². The summed E-state index contributed by atoms with van der Waals surface area (Å²) in [4.78, 5) is 10.8. The first kappa shape index (κ1) is 14.4. The van der Waals surface area contributed by atoms with Crippen LogP contribution in [0.3, 0.4) is 0 Å². The smallest absolute Gasteiger partial charge is 0.305 e. The van der Waals surface area contributed by atoms with Crippen molar-refractivity contribution in [3.63, 3.8) is 0 Å². The summed E-state index contributed by atoms with van der Waals surface area (Å²) < 4.78 is 0. The van der Waals surface area contributed by atoms with Crippen LogP contribution in [0, 0.1) is 5.41 Å². The van der Waals surface area contributed by atoms with Gasteiger partial charge >= 0.3 is 5.97 Å². The third kappa shape index (κ3) is 3.40. The number of hydrogen-bond acceptors (Lipinski definition) is 4. The fraction of sp³-hybridized carbons (Fsp3) is 0.917. The second-order valence-corrected chi connectivity index (χ2v) is 5.17. The lowest BCUT2D eigenvalue weighted by Crippen LogP contribution is -2.69. The molecule has 5 heteroatoms. The third-order valence-corrected chi connectivity index (χ3v) is 4.09. The number of aliphatic carboxylic acids is 1. The zero-order valence-corrected chi connectivity index (χ0v) is 10.8. The molecule has 0 aromatic carbocycles. The van der Waals surface area contributed by atoms with Crippen molar-refractivity contribution in [2.24, 2.45) is 5.41 Å². The van der Waals surface area contributed by atoms with E-state index in [-0.39, 0.29) is 24.0 Å². The summed E-state index contributed by atoms with van der Waals surface area (Å²) in [5.74, 6) is -0.776. The molecule has 0 aliphatic carbocycles. The Balaban J connectivity index is 2.54. The van der Waals surface area contributed by atoms with Crippen molar-refractivity contribution in [1.82, 2.24) is 10.6 Å². The summed E-state index contributed by atoms with van der Waals surface area (Å²) in [6, 6.07) is 0. The quantitative estimate of drug-likeness (QED) is 0.490. The number of carboxylic acids is 1. The average molecular weight is 244 g/mol. The summed E-state index contributed by atoms with van der Waals surface area (Å²) in [5.41, 5.74) is -0.447. The molecule has 1 heterocycles. The molecule has 17 heavy (non-hydrogen) atoms. The molecule has 1 aliphatic heterocycles. The van der Waals surface area contributed by atoms with Gasteiger partial charge in [0.25, 0.3) is 0 Å². The highest BCUT2D eigenvalue weighted by Gasteiger charge is 2.40. The largest absolute Gasteiger partial charge is 0.481 e. The Morgan fingerprint density at radius 2 is 2.00 bits per heavy atom. The van der Waals surface area contributed by atoms with Gasteiger partial charge in [-0.05, 0) is 12.8 Å². The Bertz CT molecular complexity index is 252. The molecule has 5 nitrogen and oxygen atoms in total. The summed E-state index contributed by atoms with van der Waals surface area (Å²) in [6.45, 7) is 6.31. The molecule has 0 radical (unpaired) electrons. The van der Waals surface area contributed by atoms with E-state index in [2.05, 4.69) is 24.5 Å². The van der Waals surface area contributed by atoms with E-state index in [0.29, 0.717) is 19.6 Å². The first-order valence-electron chi connectivity index (χ1n) is 6.30. The van der Waals surface area contributed by atoms with E-state index in [1.165, 1.54) is 0 Å². The second kappa shape index (κ2) is 5.80. The van der Waals surface area contributed by atoms with Gasteiger partial charge in [-0.2, -0.15) is 0 Å². The van der Waals surface area contributed by atoms with Crippen molar-refractivity contribution in [3.8, 4) is 0 Å². The Labute approximate surface area is 103 Å². The minimum absolute atomic E-state index is 0.124. The normalized spacial score (nSPS) is 18.8. The van der Waals surface area contributed by atoms with E-state index in [0.717, 1.165) is 12.8 Å². The van der Waals surface area contributed by atoms with Crippen LogP contribution in [0.2, 0.25) is 0 Å². The molecule has 0 aromatic rings. The van der Waals surface area contributed by atoms with Gasteiger partial charge in [0, 0.05) is 31.7 Å². The molecule has 0 bridgehead atoms. The van der Waals surface area contributed by atoms with Crippen LogP contribution in [-0.4, -0.2) is 48.0 Å². The zero-order chi connectivity index (χ0) is 12.9. The molecule has 0 spiro atoms. The Hall–Kier alpha value is -0.650. The number of nitrogens with one attached hydrogen (secondary N) is 2. The number of carbonyl (C=O) groups is 1. The van der Waals surface area contributed by atoms with Gasteiger partial charge in [0.15, 0.2) is 0 Å². The van der Waals surface area contributed by atoms with Crippen LogP contribution in [0.25, 0.3) is 0 Å². The average Bonchev–Trinajstić information content (AvgIpc) is 2.27. The van der Waals surface area contributed by atoms with Crippen LogP contribution in [0.15, 0.2) is 0 Å². The number of aliphatic hydroxyl groups is 1. The van der Waals surface area contributed by atoms with E-state index in [4.69, 9.17) is 5.11 Å². The lowest BCUT2D eigenvalue weighted by molar-refractivity contribution is -0.139. The standard InChI is InChI=1S/C12H24N2O3/c1-3-11(4-2,9-15)6-14-12(5-10(16)17)7-13-8-12/h13-15H,3-9H2,1-2H3,(H,16,17). The van der Waals surface area contributed by atoms with Crippen molar-refractivity contribution in [2.45, 2.75) is 38.6 Å². The lowest BCUT2D eigenvalue weighted by Gasteiger charge is -2.45. The summed E-state index contributed by atoms with van der Waals surface area (Å²) in [6.07, 6.45) is 1.92. The maximum Gasteiger partial charge on any atom is 0.305 e. The molecule has 0 unspecified atom stereocenters. The van der Waals surface area contributed by atoms with Gasteiger partial charge in [0.2, 0.25) is 0 Å². The van der Waals surface area contributed by atoms with Crippen LogP contribution >= 0.6 is 0 Å². The van der Waals surface area contributed by atoms with Gasteiger partial charge in [-0.15, -0.1) is 0 Å². The van der Waals surface area contributed by atoms with Crippen molar-refractivity contribution in [3.05, 3.63) is 0 Å². The van der Waals surface area contributed by atoms with Gasteiger partial charge in [-0.3, -0.25) is 4.79 Å². The fourth-order valence-electron chi connectivity index (χ4n) is 2.18. The van der Waals surface area contributed by atoms with Crippen molar-refractivity contribution in [1.29, 1.82) is 0 Å². The van der Waals surface area contributed by atoms with Gasteiger partial charge < -0.3 is 20.8 Å². The SMILES string of the molecule is CCC(CC)(CO)CNC1(CC(=O)O)CNC1. The van der Waals surface area contributed by atoms with Crippen LogP contribution in [-0.2, 0) is 4.79 Å².